The SMILES string of the molecule is CCN1C(=O)COC(C(=O)O)C1c1cccc(C2CC2)c1. The molecule has 1 N–H and O–H groups in total. The molecule has 1 aromatic rings. The van der Waals surface area contributed by atoms with Crippen LogP contribution in [0.25, 0.3) is 0 Å². The van der Waals surface area contributed by atoms with E-state index in [1.165, 1.54) is 18.4 Å². The summed E-state index contributed by atoms with van der Waals surface area (Å²) in [6.07, 6.45) is 1.37. The molecular weight excluding hydrogens is 270 g/mol. The van der Waals surface area contributed by atoms with Crippen LogP contribution in [0.2, 0.25) is 0 Å². The summed E-state index contributed by atoms with van der Waals surface area (Å²) < 4.78 is 5.28. The molecule has 5 heteroatoms. The summed E-state index contributed by atoms with van der Waals surface area (Å²) in [4.78, 5) is 25.1. The van der Waals surface area contributed by atoms with Gasteiger partial charge in [-0.3, -0.25) is 4.79 Å². The smallest absolute Gasteiger partial charge is 0.335 e. The Hall–Kier alpha value is -1.88. The monoisotopic (exact) mass is 289 g/mol. The minimum atomic E-state index is -1.03. The van der Waals surface area contributed by atoms with Gasteiger partial charge in [0.25, 0.3) is 0 Å². The Morgan fingerprint density at radius 3 is 2.71 bits per heavy atom. The summed E-state index contributed by atoms with van der Waals surface area (Å²) in [6.45, 7) is 2.17. The van der Waals surface area contributed by atoms with E-state index in [1.807, 2.05) is 25.1 Å². The van der Waals surface area contributed by atoms with Gasteiger partial charge >= 0.3 is 5.97 Å². The molecule has 2 atom stereocenters. The molecule has 0 bridgehead atoms. The molecule has 0 radical (unpaired) electrons. The number of rotatable bonds is 4. The third-order valence-electron chi connectivity index (χ3n) is 4.21. The van der Waals surface area contributed by atoms with Crippen molar-refractivity contribution in [3.63, 3.8) is 0 Å². The lowest BCUT2D eigenvalue weighted by atomic mass is 9.95. The normalized spacial score (nSPS) is 26.0. The van der Waals surface area contributed by atoms with E-state index in [-0.39, 0.29) is 12.5 Å². The molecule has 1 amide bonds. The Bertz CT molecular complexity index is 565. The van der Waals surface area contributed by atoms with Gasteiger partial charge in [0.15, 0.2) is 6.10 Å². The molecule has 1 saturated carbocycles. The Morgan fingerprint density at radius 2 is 2.10 bits per heavy atom. The van der Waals surface area contributed by atoms with Gasteiger partial charge in [-0.1, -0.05) is 24.3 Å². The van der Waals surface area contributed by atoms with Crippen LogP contribution in [0, 0.1) is 0 Å². The topological polar surface area (TPSA) is 66.8 Å². The summed E-state index contributed by atoms with van der Waals surface area (Å²) in [6, 6.07) is 7.38. The molecule has 3 rings (SSSR count). The van der Waals surface area contributed by atoms with Gasteiger partial charge in [0.1, 0.15) is 6.61 Å². The average Bonchev–Trinajstić information content (AvgIpc) is 3.31. The highest BCUT2D eigenvalue weighted by molar-refractivity contribution is 5.83. The number of hydrogen-bond acceptors (Lipinski definition) is 3. The molecule has 112 valence electrons. The fraction of sp³-hybridized carbons (Fsp3) is 0.500. The Labute approximate surface area is 123 Å². The fourth-order valence-corrected chi connectivity index (χ4v) is 3.00. The summed E-state index contributed by atoms with van der Waals surface area (Å²) in [5.41, 5.74) is 2.08. The largest absolute Gasteiger partial charge is 0.479 e. The van der Waals surface area contributed by atoms with Gasteiger partial charge in [-0.2, -0.15) is 0 Å². The Morgan fingerprint density at radius 1 is 1.38 bits per heavy atom. The van der Waals surface area contributed by atoms with Crippen molar-refractivity contribution in [1.29, 1.82) is 0 Å². The van der Waals surface area contributed by atoms with E-state index in [0.29, 0.717) is 12.5 Å². The number of morpholine rings is 1. The van der Waals surface area contributed by atoms with E-state index in [4.69, 9.17) is 4.74 Å². The van der Waals surface area contributed by atoms with Gasteiger partial charge in [-0.15, -0.1) is 0 Å². The first-order valence-electron chi connectivity index (χ1n) is 7.35. The van der Waals surface area contributed by atoms with Crippen molar-refractivity contribution < 1.29 is 19.4 Å². The van der Waals surface area contributed by atoms with Crippen LogP contribution in [0.4, 0.5) is 0 Å². The molecular formula is C16H19NO4. The zero-order chi connectivity index (χ0) is 15.0. The lowest BCUT2D eigenvalue weighted by Gasteiger charge is -2.39. The van der Waals surface area contributed by atoms with Crippen molar-refractivity contribution >= 4 is 11.9 Å². The predicted molar refractivity (Wildman–Crippen MR) is 75.9 cm³/mol. The summed E-state index contributed by atoms with van der Waals surface area (Å²) >= 11 is 0. The van der Waals surface area contributed by atoms with E-state index in [1.54, 1.807) is 4.90 Å². The number of likely N-dealkylation sites (N-methyl/N-ethyl adjacent to an activating group) is 1. The van der Waals surface area contributed by atoms with Gasteiger partial charge in [0.2, 0.25) is 5.91 Å². The van der Waals surface area contributed by atoms with Crippen LogP contribution in [-0.4, -0.2) is 41.1 Å². The van der Waals surface area contributed by atoms with Crippen molar-refractivity contribution in [2.24, 2.45) is 0 Å². The second-order valence-electron chi connectivity index (χ2n) is 5.64. The third-order valence-corrected chi connectivity index (χ3v) is 4.21. The molecule has 5 nitrogen and oxygen atoms in total. The van der Waals surface area contributed by atoms with Crippen LogP contribution in [0.3, 0.4) is 0 Å². The number of ether oxygens (including phenoxy) is 1. The van der Waals surface area contributed by atoms with Crippen LogP contribution in [0.1, 0.15) is 42.9 Å². The molecule has 1 saturated heterocycles. The number of carbonyl (C=O) groups is 2. The first-order valence-corrected chi connectivity index (χ1v) is 7.35. The van der Waals surface area contributed by atoms with Crippen LogP contribution < -0.4 is 0 Å². The molecule has 1 aliphatic heterocycles. The second kappa shape index (κ2) is 5.48. The molecule has 1 heterocycles. The van der Waals surface area contributed by atoms with Crippen molar-refractivity contribution in [1.82, 2.24) is 4.90 Å². The molecule has 2 fully saturated rings. The maximum atomic E-state index is 12.0. The number of carboxylic acid groups (broad SMARTS) is 1. The predicted octanol–water partition coefficient (Wildman–Crippen LogP) is 1.94. The van der Waals surface area contributed by atoms with E-state index < -0.39 is 18.1 Å². The molecule has 21 heavy (non-hydrogen) atoms. The fourth-order valence-electron chi connectivity index (χ4n) is 3.00. The summed E-state index contributed by atoms with van der Waals surface area (Å²) in [7, 11) is 0. The highest BCUT2D eigenvalue weighted by Crippen LogP contribution is 2.41. The minimum absolute atomic E-state index is 0.156. The lowest BCUT2D eigenvalue weighted by Crippen LogP contribution is -2.51. The van der Waals surface area contributed by atoms with Gasteiger partial charge in [0.05, 0.1) is 6.04 Å². The maximum Gasteiger partial charge on any atom is 0.335 e. The highest BCUT2D eigenvalue weighted by Gasteiger charge is 2.41. The first-order chi connectivity index (χ1) is 10.1. The minimum Gasteiger partial charge on any atom is -0.479 e. The van der Waals surface area contributed by atoms with Crippen molar-refractivity contribution in [3.8, 4) is 0 Å². The number of carbonyl (C=O) groups excluding carboxylic acids is 1. The van der Waals surface area contributed by atoms with E-state index in [0.717, 1.165) is 5.56 Å². The first kappa shape index (κ1) is 14.1. The standard InChI is InChI=1S/C16H19NO4/c1-2-17-13(18)9-21-15(16(19)20)14(17)12-5-3-4-11(8-12)10-6-7-10/h3-5,8,10,14-15H,2,6-7,9H2,1H3,(H,19,20). The molecule has 0 spiro atoms. The van der Waals surface area contributed by atoms with Gasteiger partial charge < -0.3 is 14.7 Å². The van der Waals surface area contributed by atoms with Gasteiger partial charge in [-0.25, -0.2) is 4.79 Å². The quantitative estimate of drug-likeness (QED) is 0.920. The van der Waals surface area contributed by atoms with Crippen LogP contribution in [0.5, 0.6) is 0 Å². The summed E-state index contributed by atoms with van der Waals surface area (Å²) in [5.74, 6) is -0.594. The number of hydrogen-bond donors (Lipinski definition) is 1. The van der Waals surface area contributed by atoms with E-state index in [9.17, 15) is 14.7 Å². The van der Waals surface area contributed by atoms with Crippen LogP contribution in [-0.2, 0) is 14.3 Å². The van der Waals surface area contributed by atoms with Crippen LogP contribution in [0.15, 0.2) is 24.3 Å². The Balaban J connectivity index is 1.98. The molecule has 1 aliphatic carbocycles. The average molecular weight is 289 g/mol. The zero-order valence-corrected chi connectivity index (χ0v) is 12.0. The third kappa shape index (κ3) is 2.65. The molecule has 2 unspecified atom stereocenters. The highest BCUT2D eigenvalue weighted by atomic mass is 16.5. The summed E-state index contributed by atoms with van der Waals surface area (Å²) in [5, 5.41) is 9.40. The maximum absolute atomic E-state index is 12.0. The zero-order valence-electron chi connectivity index (χ0n) is 12.0. The number of amides is 1. The van der Waals surface area contributed by atoms with Crippen molar-refractivity contribution in [2.45, 2.75) is 37.8 Å². The van der Waals surface area contributed by atoms with Crippen LogP contribution >= 0.6 is 0 Å². The van der Waals surface area contributed by atoms with E-state index in [2.05, 4.69) is 6.07 Å². The Kier molecular flexibility index (Phi) is 3.68. The van der Waals surface area contributed by atoms with Crippen molar-refractivity contribution in [2.75, 3.05) is 13.2 Å². The molecule has 1 aromatic carbocycles. The van der Waals surface area contributed by atoms with E-state index >= 15 is 0 Å². The number of benzene rings is 1. The number of aliphatic carboxylic acids is 1. The second-order valence-corrected chi connectivity index (χ2v) is 5.64. The van der Waals surface area contributed by atoms with Gasteiger partial charge in [-0.05, 0) is 36.8 Å². The lowest BCUT2D eigenvalue weighted by molar-refractivity contribution is -0.172. The number of nitrogens with zero attached hydrogens (tertiary/aromatic N) is 1. The number of carboxylic acids is 1. The van der Waals surface area contributed by atoms with Gasteiger partial charge in [0, 0.05) is 6.54 Å². The molecule has 2 aliphatic rings. The molecule has 0 aromatic heterocycles. The van der Waals surface area contributed by atoms with Crippen molar-refractivity contribution in [3.05, 3.63) is 35.4 Å².